The van der Waals surface area contributed by atoms with Gasteiger partial charge in [-0.25, -0.2) is 9.97 Å². The van der Waals surface area contributed by atoms with Crippen molar-refractivity contribution in [2.24, 2.45) is 0 Å². The molecule has 6 nitrogen and oxygen atoms in total. The van der Waals surface area contributed by atoms with Gasteiger partial charge in [-0.1, -0.05) is 25.5 Å². The normalized spacial score (nSPS) is 12.9. The second-order valence-corrected chi connectivity index (χ2v) is 8.44. The van der Waals surface area contributed by atoms with Crippen molar-refractivity contribution in [3.63, 3.8) is 0 Å². The van der Waals surface area contributed by atoms with Crippen LogP contribution in [-0.4, -0.2) is 39.7 Å². The van der Waals surface area contributed by atoms with Crippen LogP contribution in [0, 0.1) is 0 Å². The number of aromatic nitrogens is 3. The van der Waals surface area contributed by atoms with E-state index in [-0.39, 0.29) is 34.2 Å². The summed E-state index contributed by atoms with van der Waals surface area (Å²) in [7, 11) is 0.879. The minimum atomic E-state index is -4.61. The zero-order chi connectivity index (χ0) is 27.9. The summed E-state index contributed by atoms with van der Waals surface area (Å²) in [6, 6.07) is 6.61. The monoisotopic (exact) mass is 538 g/mol. The summed E-state index contributed by atoms with van der Waals surface area (Å²) in [5.74, 6) is 0.542. The first-order valence-electron chi connectivity index (χ1n) is 11.9. The van der Waals surface area contributed by atoms with Crippen LogP contribution in [0.2, 0.25) is 0 Å². The third-order valence-electron chi connectivity index (χ3n) is 5.46. The average Bonchev–Trinajstić information content (AvgIpc) is 2.85. The Bertz CT molecular complexity index is 1300. The van der Waals surface area contributed by atoms with Gasteiger partial charge in [0.15, 0.2) is 0 Å². The van der Waals surface area contributed by atoms with Gasteiger partial charge < -0.3 is 10.6 Å². The first-order chi connectivity index (χ1) is 17.9. The van der Waals surface area contributed by atoms with Crippen molar-refractivity contribution in [1.82, 2.24) is 25.2 Å². The van der Waals surface area contributed by atoms with Crippen LogP contribution >= 0.6 is 0 Å². The standard InChI is InChI=1S/C26H28F6N6/c1-4-6-12-33-15-22-36-21-14-17(23-20(25(27,28)29)9-7-13-34-23)10-11-19(21)24(37-22)35-18(8-5-2)16-38(3)26(30,31)32/h5,7-11,13-14,16,33H,4,6,12,15H2,1-3H3,(H,35,36,37)/b8-5-,18-16+. The molecular weight excluding hydrogens is 510 g/mol. The minimum absolute atomic E-state index is 0.101. The van der Waals surface area contributed by atoms with Crippen LogP contribution in [0.5, 0.6) is 0 Å². The third-order valence-corrected chi connectivity index (χ3v) is 5.46. The van der Waals surface area contributed by atoms with E-state index >= 15 is 0 Å². The van der Waals surface area contributed by atoms with Crippen LogP contribution in [0.25, 0.3) is 22.2 Å². The van der Waals surface area contributed by atoms with E-state index in [0.717, 1.165) is 32.2 Å². The Morgan fingerprint density at radius 3 is 2.50 bits per heavy atom. The topological polar surface area (TPSA) is 66.0 Å². The van der Waals surface area contributed by atoms with Crippen LogP contribution in [0.1, 0.15) is 38.1 Å². The van der Waals surface area contributed by atoms with Gasteiger partial charge in [-0.15, -0.1) is 0 Å². The molecule has 204 valence electrons. The molecule has 0 saturated carbocycles. The van der Waals surface area contributed by atoms with Crippen molar-refractivity contribution < 1.29 is 26.3 Å². The van der Waals surface area contributed by atoms with E-state index in [1.54, 1.807) is 13.0 Å². The lowest BCUT2D eigenvalue weighted by atomic mass is 10.0. The molecule has 0 saturated heterocycles. The van der Waals surface area contributed by atoms with E-state index in [9.17, 15) is 26.3 Å². The summed E-state index contributed by atoms with van der Waals surface area (Å²) in [5, 5.41) is 6.54. The summed E-state index contributed by atoms with van der Waals surface area (Å²) in [4.78, 5) is 13.1. The van der Waals surface area contributed by atoms with E-state index < -0.39 is 18.0 Å². The average molecular weight is 539 g/mol. The molecule has 0 radical (unpaired) electrons. The molecule has 38 heavy (non-hydrogen) atoms. The zero-order valence-electron chi connectivity index (χ0n) is 21.1. The molecule has 0 unspecified atom stereocenters. The number of unbranched alkanes of at least 4 members (excludes halogenated alkanes) is 1. The largest absolute Gasteiger partial charge is 0.484 e. The number of rotatable bonds is 10. The predicted octanol–water partition coefficient (Wildman–Crippen LogP) is 6.88. The Balaban J connectivity index is 2.12. The summed E-state index contributed by atoms with van der Waals surface area (Å²) >= 11 is 0. The number of nitrogens with one attached hydrogen (secondary N) is 2. The Hall–Kier alpha value is -3.67. The lowest BCUT2D eigenvalue weighted by Crippen LogP contribution is -2.30. The first kappa shape index (κ1) is 28.9. The van der Waals surface area contributed by atoms with Crippen molar-refractivity contribution in [3.05, 3.63) is 72.0 Å². The number of fused-ring (bicyclic) bond motifs is 1. The quantitative estimate of drug-likeness (QED) is 0.127. The Morgan fingerprint density at radius 2 is 1.84 bits per heavy atom. The maximum atomic E-state index is 13.6. The van der Waals surface area contributed by atoms with Gasteiger partial charge in [0.1, 0.15) is 11.6 Å². The van der Waals surface area contributed by atoms with Crippen molar-refractivity contribution in [3.8, 4) is 11.3 Å². The molecule has 0 aliphatic carbocycles. The SMILES string of the molecule is C/C=C\C(=C/N(C)C(F)(F)F)Nc1nc(CNCCCC)nc2cc(-c3ncccc3C(F)(F)F)ccc12. The second kappa shape index (κ2) is 12.2. The van der Waals surface area contributed by atoms with E-state index in [1.807, 2.05) is 6.92 Å². The summed E-state index contributed by atoms with van der Waals surface area (Å²) in [6.45, 7) is 4.65. The van der Waals surface area contributed by atoms with Crippen LogP contribution in [0.15, 0.2) is 60.6 Å². The molecule has 12 heteroatoms. The summed E-state index contributed by atoms with van der Waals surface area (Å²) in [5.41, 5.74) is -0.526. The first-order valence-corrected chi connectivity index (χ1v) is 11.9. The number of allylic oxidation sites excluding steroid dienone is 2. The minimum Gasteiger partial charge on any atom is -0.338 e. The number of hydrogen-bond acceptors (Lipinski definition) is 6. The molecular formula is C26H28F6N6. The second-order valence-electron chi connectivity index (χ2n) is 8.44. The molecule has 3 aromatic rings. The molecule has 2 N–H and O–H groups in total. The number of alkyl halides is 6. The summed E-state index contributed by atoms with van der Waals surface area (Å²) in [6.07, 6.45) is -2.14. The van der Waals surface area contributed by atoms with E-state index in [4.69, 9.17) is 0 Å². The molecule has 2 aromatic heterocycles. The van der Waals surface area contributed by atoms with E-state index in [2.05, 4.69) is 25.6 Å². The molecule has 0 aliphatic heterocycles. The molecule has 0 aliphatic rings. The van der Waals surface area contributed by atoms with E-state index in [0.29, 0.717) is 23.3 Å². The lowest BCUT2D eigenvalue weighted by molar-refractivity contribution is -0.219. The van der Waals surface area contributed by atoms with Crippen LogP contribution in [0.3, 0.4) is 0 Å². The van der Waals surface area contributed by atoms with Gasteiger partial charge in [0, 0.05) is 30.4 Å². The number of pyridine rings is 1. The van der Waals surface area contributed by atoms with Gasteiger partial charge in [0.25, 0.3) is 0 Å². The number of hydrogen-bond donors (Lipinski definition) is 2. The van der Waals surface area contributed by atoms with Gasteiger partial charge in [0.05, 0.1) is 29.0 Å². The van der Waals surface area contributed by atoms with Gasteiger partial charge >= 0.3 is 12.5 Å². The van der Waals surface area contributed by atoms with Crippen molar-refractivity contribution >= 4 is 16.7 Å². The molecule has 3 rings (SSSR count). The highest BCUT2D eigenvalue weighted by atomic mass is 19.4. The smallest absolute Gasteiger partial charge is 0.338 e. The fourth-order valence-electron chi connectivity index (χ4n) is 3.58. The Labute approximate surface area is 216 Å². The lowest BCUT2D eigenvalue weighted by Gasteiger charge is -2.20. The van der Waals surface area contributed by atoms with Crippen molar-refractivity contribution in [2.45, 2.75) is 45.7 Å². The number of benzene rings is 1. The predicted molar refractivity (Wildman–Crippen MR) is 135 cm³/mol. The molecule has 0 fully saturated rings. The highest BCUT2D eigenvalue weighted by Gasteiger charge is 2.34. The van der Waals surface area contributed by atoms with Gasteiger partial charge in [-0.2, -0.15) is 26.3 Å². The highest BCUT2D eigenvalue weighted by Crippen LogP contribution is 2.37. The highest BCUT2D eigenvalue weighted by molar-refractivity contribution is 5.92. The maximum Gasteiger partial charge on any atom is 0.484 e. The number of anilines is 1. The third kappa shape index (κ3) is 7.44. The fraction of sp³-hybridized carbons (Fsp3) is 0.346. The fourth-order valence-corrected chi connectivity index (χ4v) is 3.58. The molecule has 0 bridgehead atoms. The number of nitrogens with zero attached hydrogens (tertiary/aromatic N) is 4. The van der Waals surface area contributed by atoms with Crippen molar-refractivity contribution in [1.29, 1.82) is 0 Å². The Kier molecular flexibility index (Phi) is 9.31. The molecule has 2 heterocycles. The van der Waals surface area contributed by atoms with Gasteiger partial charge in [0.2, 0.25) is 0 Å². The molecule has 0 amide bonds. The van der Waals surface area contributed by atoms with Gasteiger partial charge in [-0.05, 0) is 50.2 Å². The zero-order valence-corrected chi connectivity index (χ0v) is 21.1. The number of halogens is 6. The van der Waals surface area contributed by atoms with Crippen LogP contribution in [-0.2, 0) is 12.7 Å². The molecule has 1 aromatic carbocycles. The van der Waals surface area contributed by atoms with Crippen LogP contribution in [0.4, 0.5) is 32.2 Å². The maximum absolute atomic E-state index is 13.6. The molecule has 0 spiro atoms. The summed E-state index contributed by atoms with van der Waals surface area (Å²) < 4.78 is 80.2. The van der Waals surface area contributed by atoms with E-state index in [1.165, 1.54) is 36.5 Å². The Morgan fingerprint density at radius 1 is 1.08 bits per heavy atom. The van der Waals surface area contributed by atoms with Crippen LogP contribution < -0.4 is 10.6 Å². The van der Waals surface area contributed by atoms with Gasteiger partial charge in [-0.3, -0.25) is 9.88 Å². The van der Waals surface area contributed by atoms with Crippen molar-refractivity contribution in [2.75, 3.05) is 18.9 Å². The molecule has 0 atom stereocenters.